The van der Waals surface area contributed by atoms with Crippen molar-refractivity contribution in [1.82, 2.24) is 0 Å². The molecule has 5 heteroatoms. The highest BCUT2D eigenvalue weighted by atomic mass is 35.5. The molecule has 15 heavy (non-hydrogen) atoms. The predicted octanol–water partition coefficient (Wildman–Crippen LogP) is 0.693. The second-order valence-electron chi connectivity index (χ2n) is 3.02. The maximum absolute atomic E-state index is 11.3. The quantitative estimate of drug-likeness (QED) is 0.750. The first-order chi connectivity index (χ1) is 7.04. The summed E-state index contributed by atoms with van der Waals surface area (Å²) in [6.07, 6.45) is 0. The third-order valence-corrected chi connectivity index (χ3v) is 2.33. The predicted molar refractivity (Wildman–Crippen MR) is 54.5 cm³/mol. The van der Waals surface area contributed by atoms with Gasteiger partial charge in [-0.15, -0.1) is 0 Å². The number of rotatable bonds is 3. The molecule has 0 aromatic heterocycles. The van der Waals surface area contributed by atoms with Crippen molar-refractivity contribution in [2.45, 2.75) is 5.60 Å². The van der Waals surface area contributed by atoms with Crippen LogP contribution in [-0.2, 0) is 15.1 Å². The highest BCUT2D eigenvalue weighted by molar-refractivity contribution is 6.30. The van der Waals surface area contributed by atoms with Gasteiger partial charge in [0.05, 0.1) is 13.7 Å². The molecule has 0 aliphatic heterocycles. The highest BCUT2D eigenvalue weighted by Gasteiger charge is 2.38. The van der Waals surface area contributed by atoms with Crippen LogP contribution in [0.15, 0.2) is 24.3 Å². The molecule has 0 spiro atoms. The maximum atomic E-state index is 11.3. The Morgan fingerprint density at radius 3 is 2.40 bits per heavy atom. The first kappa shape index (κ1) is 12.0. The molecule has 1 aromatic rings. The molecule has 0 aliphatic carbocycles. The van der Waals surface area contributed by atoms with E-state index in [1.54, 1.807) is 0 Å². The molecule has 0 radical (unpaired) electrons. The summed E-state index contributed by atoms with van der Waals surface area (Å²) < 4.78 is 4.41. The zero-order valence-electron chi connectivity index (χ0n) is 8.11. The zero-order chi connectivity index (χ0) is 11.5. The van der Waals surface area contributed by atoms with Crippen LogP contribution >= 0.6 is 11.6 Å². The molecule has 82 valence electrons. The summed E-state index contributed by atoms with van der Waals surface area (Å²) >= 11 is 5.66. The van der Waals surface area contributed by atoms with E-state index in [1.807, 2.05) is 0 Å². The minimum Gasteiger partial charge on any atom is -0.467 e. The third-order valence-electron chi connectivity index (χ3n) is 2.07. The number of benzene rings is 1. The van der Waals surface area contributed by atoms with E-state index in [9.17, 15) is 9.90 Å². The molecule has 1 atom stereocenters. The van der Waals surface area contributed by atoms with Crippen LogP contribution in [0.1, 0.15) is 5.56 Å². The number of ether oxygens (including phenoxy) is 1. The van der Waals surface area contributed by atoms with Gasteiger partial charge in [-0.3, -0.25) is 0 Å². The van der Waals surface area contributed by atoms with Crippen LogP contribution in [0.5, 0.6) is 0 Å². The van der Waals surface area contributed by atoms with E-state index in [4.69, 9.17) is 16.7 Å². The Kier molecular flexibility index (Phi) is 3.68. The van der Waals surface area contributed by atoms with Crippen molar-refractivity contribution in [3.63, 3.8) is 0 Å². The number of hydrogen-bond donors (Lipinski definition) is 2. The van der Waals surface area contributed by atoms with Gasteiger partial charge in [-0.05, 0) is 17.7 Å². The van der Waals surface area contributed by atoms with E-state index in [2.05, 4.69) is 4.74 Å². The molecule has 2 N–H and O–H groups in total. The smallest absolute Gasteiger partial charge is 0.345 e. The lowest BCUT2D eigenvalue weighted by Crippen LogP contribution is -2.40. The Labute approximate surface area is 92.1 Å². The Morgan fingerprint density at radius 2 is 2.00 bits per heavy atom. The minimum atomic E-state index is -2.03. The summed E-state index contributed by atoms with van der Waals surface area (Å²) in [6.45, 7) is -0.749. The van der Waals surface area contributed by atoms with Crippen LogP contribution < -0.4 is 0 Å². The van der Waals surface area contributed by atoms with Crippen molar-refractivity contribution in [2.75, 3.05) is 13.7 Å². The molecule has 0 amide bonds. The van der Waals surface area contributed by atoms with Crippen molar-refractivity contribution in [1.29, 1.82) is 0 Å². The lowest BCUT2D eigenvalue weighted by molar-refractivity contribution is -0.168. The number of esters is 1. The summed E-state index contributed by atoms with van der Waals surface area (Å²) in [6, 6.07) is 5.94. The van der Waals surface area contributed by atoms with Gasteiger partial charge in [-0.1, -0.05) is 23.7 Å². The van der Waals surface area contributed by atoms with Gasteiger partial charge in [-0.2, -0.15) is 0 Å². The molecular weight excluding hydrogens is 220 g/mol. The molecule has 0 fully saturated rings. The highest BCUT2D eigenvalue weighted by Crippen LogP contribution is 2.23. The fraction of sp³-hybridized carbons (Fsp3) is 0.300. The fourth-order valence-electron chi connectivity index (χ4n) is 1.17. The van der Waals surface area contributed by atoms with Gasteiger partial charge in [-0.25, -0.2) is 4.79 Å². The first-order valence-electron chi connectivity index (χ1n) is 4.22. The van der Waals surface area contributed by atoms with Crippen LogP contribution in [0.3, 0.4) is 0 Å². The van der Waals surface area contributed by atoms with Gasteiger partial charge < -0.3 is 14.9 Å². The Morgan fingerprint density at radius 1 is 1.47 bits per heavy atom. The summed E-state index contributed by atoms with van der Waals surface area (Å²) in [5.41, 5.74) is -1.79. The van der Waals surface area contributed by atoms with Gasteiger partial charge >= 0.3 is 5.97 Å². The van der Waals surface area contributed by atoms with E-state index < -0.39 is 18.2 Å². The molecule has 0 saturated carbocycles. The Balaban J connectivity index is 3.11. The molecular formula is C10H11ClO4. The van der Waals surface area contributed by atoms with E-state index in [1.165, 1.54) is 24.3 Å². The van der Waals surface area contributed by atoms with Crippen LogP contribution in [0.25, 0.3) is 0 Å². The summed E-state index contributed by atoms with van der Waals surface area (Å²) in [4.78, 5) is 11.3. The average Bonchev–Trinajstić information content (AvgIpc) is 2.27. The average molecular weight is 231 g/mol. The van der Waals surface area contributed by atoms with Crippen molar-refractivity contribution in [3.8, 4) is 0 Å². The van der Waals surface area contributed by atoms with Crippen LogP contribution in [0.2, 0.25) is 5.02 Å². The number of aliphatic hydroxyl groups excluding tert-OH is 1. The van der Waals surface area contributed by atoms with Crippen molar-refractivity contribution >= 4 is 17.6 Å². The Hall–Kier alpha value is -1.10. The topological polar surface area (TPSA) is 66.8 Å². The van der Waals surface area contributed by atoms with Gasteiger partial charge in [0.1, 0.15) is 0 Å². The van der Waals surface area contributed by atoms with E-state index in [-0.39, 0.29) is 5.56 Å². The minimum absolute atomic E-state index is 0.237. The second kappa shape index (κ2) is 4.61. The van der Waals surface area contributed by atoms with Gasteiger partial charge in [0, 0.05) is 5.02 Å². The number of carbonyl (C=O) groups excluding carboxylic acids is 1. The van der Waals surface area contributed by atoms with Crippen molar-refractivity contribution in [2.24, 2.45) is 0 Å². The second-order valence-corrected chi connectivity index (χ2v) is 3.45. The van der Waals surface area contributed by atoms with Crippen molar-refractivity contribution < 1.29 is 19.7 Å². The van der Waals surface area contributed by atoms with Crippen LogP contribution in [0, 0.1) is 0 Å². The van der Waals surface area contributed by atoms with E-state index in [0.717, 1.165) is 7.11 Å². The monoisotopic (exact) mass is 230 g/mol. The Bertz CT molecular complexity index is 349. The number of aliphatic hydroxyl groups is 2. The van der Waals surface area contributed by atoms with Gasteiger partial charge in [0.2, 0.25) is 5.60 Å². The summed E-state index contributed by atoms with van der Waals surface area (Å²) in [7, 11) is 1.14. The lowest BCUT2D eigenvalue weighted by Gasteiger charge is -2.23. The molecule has 4 nitrogen and oxygen atoms in total. The molecule has 1 aromatic carbocycles. The molecule has 0 heterocycles. The molecule has 0 bridgehead atoms. The number of methoxy groups -OCH3 is 1. The SMILES string of the molecule is COC(=O)C(O)(CO)c1ccc(Cl)cc1. The maximum Gasteiger partial charge on any atom is 0.345 e. The van der Waals surface area contributed by atoms with Gasteiger partial charge in [0.15, 0.2) is 0 Å². The molecule has 1 unspecified atom stereocenters. The van der Waals surface area contributed by atoms with E-state index >= 15 is 0 Å². The van der Waals surface area contributed by atoms with Crippen LogP contribution in [-0.4, -0.2) is 29.9 Å². The normalized spacial score (nSPS) is 14.4. The number of halogens is 1. The largest absolute Gasteiger partial charge is 0.467 e. The fourth-order valence-corrected chi connectivity index (χ4v) is 1.29. The lowest BCUT2D eigenvalue weighted by atomic mass is 9.95. The number of hydrogen-bond acceptors (Lipinski definition) is 4. The molecule has 0 saturated heterocycles. The zero-order valence-corrected chi connectivity index (χ0v) is 8.86. The van der Waals surface area contributed by atoms with Crippen molar-refractivity contribution in [3.05, 3.63) is 34.9 Å². The van der Waals surface area contributed by atoms with Crippen LogP contribution in [0.4, 0.5) is 0 Å². The summed E-state index contributed by atoms with van der Waals surface area (Å²) in [5.74, 6) is -0.910. The number of carbonyl (C=O) groups is 1. The molecule has 1 rings (SSSR count). The first-order valence-corrected chi connectivity index (χ1v) is 4.60. The van der Waals surface area contributed by atoms with E-state index in [0.29, 0.717) is 5.02 Å². The third kappa shape index (κ3) is 2.28. The van der Waals surface area contributed by atoms with Gasteiger partial charge in [0.25, 0.3) is 0 Å². The standard InChI is InChI=1S/C10H11ClO4/c1-15-9(13)10(14,6-12)7-2-4-8(11)5-3-7/h2-5,12,14H,6H2,1H3. The summed E-state index contributed by atoms with van der Waals surface area (Å²) in [5, 5.41) is 19.4. The molecule has 0 aliphatic rings.